The summed E-state index contributed by atoms with van der Waals surface area (Å²) in [5.41, 5.74) is 2.47. The van der Waals surface area contributed by atoms with Crippen molar-refractivity contribution in [3.05, 3.63) is 23.3 Å². The van der Waals surface area contributed by atoms with Gasteiger partial charge in [0.25, 0.3) is 0 Å². The van der Waals surface area contributed by atoms with Crippen molar-refractivity contribution in [2.45, 2.75) is 44.1 Å². The Kier molecular flexibility index (Phi) is 4.37. The van der Waals surface area contributed by atoms with Crippen LogP contribution in [0.1, 0.15) is 43.2 Å². The van der Waals surface area contributed by atoms with E-state index in [4.69, 9.17) is 14.2 Å². The minimum Gasteiger partial charge on any atom is -0.493 e. The number of ether oxygens (including phenoxy) is 3. The van der Waals surface area contributed by atoms with Gasteiger partial charge in [-0.05, 0) is 36.1 Å². The Bertz CT molecular complexity index is 593. The van der Waals surface area contributed by atoms with E-state index in [1.807, 2.05) is 11.0 Å². The highest BCUT2D eigenvalue weighted by atomic mass is 16.5. The Balaban J connectivity index is 2.09. The lowest BCUT2D eigenvalue weighted by Gasteiger charge is -2.46. The van der Waals surface area contributed by atoms with E-state index >= 15 is 0 Å². The topological polar surface area (TPSA) is 48.0 Å². The van der Waals surface area contributed by atoms with Crippen molar-refractivity contribution in [3.8, 4) is 11.5 Å². The molecule has 0 N–H and O–H groups in total. The second kappa shape index (κ2) is 6.30. The van der Waals surface area contributed by atoms with Crippen molar-refractivity contribution in [3.63, 3.8) is 0 Å². The van der Waals surface area contributed by atoms with Gasteiger partial charge in [-0.15, -0.1) is 0 Å². The zero-order valence-electron chi connectivity index (χ0n) is 14.2. The molecule has 1 aliphatic carbocycles. The Morgan fingerprint density at radius 1 is 1.04 bits per heavy atom. The highest BCUT2D eigenvalue weighted by molar-refractivity contribution is 5.69. The maximum absolute atomic E-state index is 12.1. The van der Waals surface area contributed by atoms with Crippen LogP contribution in [0.3, 0.4) is 0 Å². The Labute approximate surface area is 137 Å². The summed E-state index contributed by atoms with van der Waals surface area (Å²) in [6, 6.07) is 4.13. The number of methoxy groups -OCH3 is 3. The molecular formula is C18H25NO4. The molecule has 23 heavy (non-hydrogen) atoms. The van der Waals surface area contributed by atoms with Crippen LogP contribution in [-0.2, 0) is 16.7 Å². The van der Waals surface area contributed by atoms with E-state index in [9.17, 15) is 4.79 Å². The molecule has 126 valence electrons. The van der Waals surface area contributed by atoms with Gasteiger partial charge in [-0.1, -0.05) is 19.3 Å². The highest BCUT2D eigenvalue weighted by Crippen LogP contribution is 2.47. The molecule has 1 aliphatic heterocycles. The summed E-state index contributed by atoms with van der Waals surface area (Å²) in [5, 5.41) is 0. The molecule has 5 nitrogen and oxygen atoms in total. The number of amides is 1. The van der Waals surface area contributed by atoms with E-state index in [-0.39, 0.29) is 11.5 Å². The van der Waals surface area contributed by atoms with Gasteiger partial charge in [0, 0.05) is 18.5 Å². The molecular weight excluding hydrogens is 294 g/mol. The average Bonchev–Trinajstić information content (AvgIpc) is 2.60. The van der Waals surface area contributed by atoms with E-state index < -0.39 is 0 Å². The van der Waals surface area contributed by atoms with Gasteiger partial charge in [0.05, 0.1) is 21.3 Å². The molecule has 5 heteroatoms. The molecule has 1 amide bonds. The van der Waals surface area contributed by atoms with Gasteiger partial charge in [-0.3, -0.25) is 0 Å². The molecule has 0 saturated heterocycles. The summed E-state index contributed by atoms with van der Waals surface area (Å²) >= 11 is 0. The Morgan fingerprint density at radius 3 is 2.30 bits per heavy atom. The molecule has 1 aromatic rings. The van der Waals surface area contributed by atoms with Crippen molar-refractivity contribution >= 4 is 6.09 Å². The van der Waals surface area contributed by atoms with Gasteiger partial charge < -0.3 is 19.1 Å². The van der Waals surface area contributed by atoms with Crippen LogP contribution in [0.4, 0.5) is 4.79 Å². The molecule has 0 aromatic heterocycles. The number of hydrogen-bond donors (Lipinski definition) is 0. The summed E-state index contributed by atoms with van der Waals surface area (Å²) in [5.74, 6) is 1.48. The minimum atomic E-state index is -0.254. The monoisotopic (exact) mass is 319 g/mol. The largest absolute Gasteiger partial charge is 0.493 e. The first kappa shape index (κ1) is 16.0. The van der Waals surface area contributed by atoms with Gasteiger partial charge in [0.15, 0.2) is 11.5 Å². The summed E-state index contributed by atoms with van der Waals surface area (Å²) in [6.07, 6.45) is 5.61. The lowest BCUT2D eigenvalue weighted by Crippen LogP contribution is -2.49. The smallest absolute Gasteiger partial charge is 0.409 e. The van der Waals surface area contributed by atoms with Crippen LogP contribution in [0.25, 0.3) is 0 Å². The molecule has 2 aliphatic rings. The molecule has 0 radical (unpaired) electrons. The second-order valence-electron chi connectivity index (χ2n) is 6.53. The van der Waals surface area contributed by atoms with Crippen LogP contribution in [-0.4, -0.2) is 38.9 Å². The fourth-order valence-corrected chi connectivity index (χ4v) is 4.17. The van der Waals surface area contributed by atoms with Gasteiger partial charge in [0.1, 0.15) is 0 Å². The summed E-state index contributed by atoms with van der Waals surface area (Å²) in [6.45, 7) is 1.28. The third-order valence-electron chi connectivity index (χ3n) is 5.28. The fraction of sp³-hybridized carbons (Fsp3) is 0.611. The molecule has 1 fully saturated rings. The first-order valence-corrected chi connectivity index (χ1v) is 8.22. The predicted molar refractivity (Wildman–Crippen MR) is 87.1 cm³/mol. The van der Waals surface area contributed by atoms with Gasteiger partial charge in [0.2, 0.25) is 0 Å². The molecule has 0 atom stereocenters. The zero-order valence-corrected chi connectivity index (χ0v) is 14.2. The Hall–Kier alpha value is -1.91. The third kappa shape index (κ3) is 2.73. The quantitative estimate of drug-likeness (QED) is 0.837. The number of benzene rings is 1. The first-order chi connectivity index (χ1) is 11.1. The number of fused-ring (bicyclic) bond motifs is 2. The summed E-state index contributed by atoms with van der Waals surface area (Å²) in [7, 11) is 4.75. The van der Waals surface area contributed by atoms with Crippen molar-refractivity contribution in [1.82, 2.24) is 4.90 Å². The molecule has 1 heterocycles. The predicted octanol–water partition coefficient (Wildman–Crippen LogP) is 3.49. The number of rotatable bonds is 2. The van der Waals surface area contributed by atoms with Crippen molar-refractivity contribution in [1.29, 1.82) is 0 Å². The second-order valence-corrected chi connectivity index (χ2v) is 6.53. The van der Waals surface area contributed by atoms with E-state index in [1.165, 1.54) is 31.9 Å². The molecule has 1 aromatic carbocycles. The van der Waals surface area contributed by atoms with Crippen LogP contribution < -0.4 is 9.47 Å². The number of carbonyl (C=O) groups excluding carboxylic acids is 1. The van der Waals surface area contributed by atoms with Crippen molar-refractivity contribution in [2.24, 2.45) is 0 Å². The van der Waals surface area contributed by atoms with Crippen molar-refractivity contribution < 1.29 is 19.0 Å². The van der Waals surface area contributed by atoms with Crippen LogP contribution in [0, 0.1) is 0 Å². The standard InChI is InChI=1S/C18H25NO4/c1-21-15-9-13-11-19(17(20)23-3)12-18(7-5-4-6-8-18)14(13)10-16(15)22-2/h9-10H,4-8,11-12H2,1-3H3. The van der Waals surface area contributed by atoms with Crippen LogP contribution >= 0.6 is 0 Å². The van der Waals surface area contributed by atoms with Crippen LogP contribution in [0.15, 0.2) is 12.1 Å². The van der Waals surface area contributed by atoms with Gasteiger partial charge >= 0.3 is 6.09 Å². The van der Waals surface area contributed by atoms with Gasteiger partial charge in [-0.25, -0.2) is 4.79 Å². The first-order valence-electron chi connectivity index (χ1n) is 8.22. The van der Waals surface area contributed by atoms with E-state index in [0.717, 1.165) is 30.7 Å². The molecule has 1 spiro atoms. The third-order valence-corrected chi connectivity index (χ3v) is 5.28. The van der Waals surface area contributed by atoms with E-state index in [0.29, 0.717) is 12.3 Å². The molecule has 1 saturated carbocycles. The fourth-order valence-electron chi connectivity index (χ4n) is 4.17. The van der Waals surface area contributed by atoms with Crippen LogP contribution in [0.5, 0.6) is 11.5 Å². The molecule has 0 unspecified atom stereocenters. The Morgan fingerprint density at radius 2 is 1.70 bits per heavy atom. The van der Waals surface area contributed by atoms with E-state index in [1.54, 1.807) is 14.2 Å². The zero-order chi connectivity index (χ0) is 16.4. The van der Waals surface area contributed by atoms with Gasteiger partial charge in [-0.2, -0.15) is 0 Å². The van der Waals surface area contributed by atoms with Crippen molar-refractivity contribution in [2.75, 3.05) is 27.9 Å². The number of carbonyl (C=O) groups is 1. The summed E-state index contributed by atoms with van der Waals surface area (Å²) in [4.78, 5) is 13.9. The van der Waals surface area contributed by atoms with E-state index in [2.05, 4.69) is 6.07 Å². The maximum Gasteiger partial charge on any atom is 0.409 e. The maximum atomic E-state index is 12.1. The lowest BCUT2D eigenvalue weighted by atomic mass is 9.66. The molecule has 0 bridgehead atoms. The lowest BCUT2D eigenvalue weighted by molar-refractivity contribution is 0.0920. The SMILES string of the molecule is COC(=O)N1Cc2cc(OC)c(OC)cc2C2(CCCCC2)C1. The minimum absolute atomic E-state index is 0.0135. The normalized spacial score (nSPS) is 19.2. The number of hydrogen-bond acceptors (Lipinski definition) is 4. The highest BCUT2D eigenvalue weighted by Gasteiger charge is 2.42. The average molecular weight is 319 g/mol. The number of nitrogens with zero attached hydrogens (tertiary/aromatic N) is 1. The summed E-state index contributed by atoms with van der Waals surface area (Å²) < 4.78 is 15.9. The molecule has 3 rings (SSSR count). The van der Waals surface area contributed by atoms with Crippen LogP contribution in [0.2, 0.25) is 0 Å².